The van der Waals surface area contributed by atoms with Crippen molar-refractivity contribution in [3.63, 3.8) is 0 Å². The number of hydrogen-bond donors (Lipinski definition) is 1. The molecule has 1 N–H and O–H groups in total. The smallest absolute Gasteiger partial charge is 0.362 e. The fraction of sp³-hybridized carbons (Fsp3) is 0.130. The van der Waals surface area contributed by atoms with Crippen molar-refractivity contribution in [2.75, 3.05) is 5.01 Å². The number of alkyl halides is 3. The van der Waals surface area contributed by atoms with Crippen LogP contribution in [0.15, 0.2) is 83.3 Å². The van der Waals surface area contributed by atoms with Gasteiger partial charge in [-0.25, -0.2) is 4.98 Å². The van der Waals surface area contributed by atoms with Gasteiger partial charge in [0.1, 0.15) is 0 Å². The number of hydrazone groups is 1. The second kappa shape index (κ2) is 7.18. The van der Waals surface area contributed by atoms with Crippen LogP contribution in [0.3, 0.4) is 0 Å². The lowest BCUT2D eigenvalue weighted by Gasteiger charge is -2.32. The average Bonchev–Trinajstić information content (AvgIpc) is 3.39. The minimum atomic E-state index is -4.93. The first-order valence-electron chi connectivity index (χ1n) is 9.53. The van der Waals surface area contributed by atoms with Crippen LogP contribution in [0.5, 0.6) is 0 Å². The fourth-order valence-electron chi connectivity index (χ4n) is 3.70. The molecule has 8 heteroatoms. The van der Waals surface area contributed by atoms with E-state index in [-0.39, 0.29) is 10.8 Å². The first-order chi connectivity index (χ1) is 14.9. The molecule has 1 aromatic heterocycles. The molecule has 0 aliphatic carbocycles. The lowest BCUT2D eigenvalue weighted by Crippen LogP contribution is -2.55. The predicted octanol–water partition coefficient (Wildman–Crippen LogP) is 5.83. The number of fused-ring (bicyclic) bond motifs is 1. The van der Waals surface area contributed by atoms with Crippen molar-refractivity contribution in [1.29, 1.82) is 0 Å². The van der Waals surface area contributed by atoms with E-state index in [2.05, 4.69) is 10.1 Å². The lowest BCUT2D eigenvalue weighted by molar-refractivity contribution is -0.254. The molecule has 0 amide bonds. The van der Waals surface area contributed by atoms with Gasteiger partial charge in [0.25, 0.3) is 5.72 Å². The van der Waals surface area contributed by atoms with Gasteiger partial charge in [-0.3, -0.25) is 0 Å². The topological polar surface area (TPSA) is 48.7 Å². The quantitative estimate of drug-likeness (QED) is 0.437. The number of hydrogen-bond acceptors (Lipinski definition) is 5. The third-order valence-electron chi connectivity index (χ3n) is 5.28. The third kappa shape index (κ3) is 3.28. The highest BCUT2D eigenvalue weighted by molar-refractivity contribution is 7.14. The Hall–Kier alpha value is -3.23. The molecule has 4 nitrogen and oxygen atoms in total. The van der Waals surface area contributed by atoms with E-state index >= 15 is 0 Å². The zero-order chi connectivity index (χ0) is 21.6. The summed E-state index contributed by atoms with van der Waals surface area (Å²) in [5, 5.41) is 18.9. The molecule has 0 saturated heterocycles. The molecule has 156 valence electrons. The number of halogens is 3. The van der Waals surface area contributed by atoms with E-state index < -0.39 is 18.3 Å². The van der Waals surface area contributed by atoms with Crippen LogP contribution in [0.1, 0.15) is 12.0 Å². The van der Waals surface area contributed by atoms with E-state index in [4.69, 9.17) is 0 Å². The van der Waals surface area contributed by atoms with Crippen LogP contribution in [-0.2, 0) is 0 Å². The van der Waals surface area contributed by atoms with Crippen molar-refractivity contribution in [2.24, 2.45) is 5.10 Å². The number of rotatable bonds is 3. The van der Waals surface area contributed by atoms with Crippen molar-refractivity contribution in [3.8, 4) is 11.3 Å². The molecule has 0 fully saturated rings. The number of aromatic nitrogens is 1. The Kier molecular flexibility index (Phi) is 4.56. The minimum Gasteiger partial charge on any atom is -0.362 e. The van der Waals surface area contributed by atoms with E-state index in [0.29, 0.717) is 16.3 Å². The molecule has 1 aliphatic heterocycles. The standard InChI is InChI=1S/C23H16F3N3OS/c24-23(25,26)22(30)13-19(18-12-6-10-15-7-4-5-11-17(15)18)28-29(22)21-27-20(14-31-21)16-8-2-1-3-9-16/h1-12,14,30H,13H2/t22-/m0/s1. The van der Waals surface area contributed by atoms with Gasteiger partial charge in [0.15, 0.2) is 0 Å². The van der Waals surface area contributed by atoms with E-state index in [1.165, 1.54) is 0 Å². The van der Waals surface area contributed by atoms with Crippen molar-refractivity contribution in [1.82, 2.24) is 4.98 Å². The molecule has 3 aromatic carbocycles. The maximum Gasteiger partial charge on any atom is 0.438 e. The number of nitrogens with zero attached hydrogens (tertiary/aromatic N) is 3. The van der Waals surface area contributed by atoms with Gasteiger partial charge in [-0.1, -0.05) is 72.8 Å². The van der Waals surface area contributed by atoms with Crippen LogP contribution < -0.4 is 5.01 Å². The van der Waals surface area contributed by atoms with Crippen LogP contribution in [0, 0.1) is 0 Å². The van der Waals surface area contributed by atoms with Crippen LogP contribution in [0.25, 0.3) is 22.0 Å². The molecule has 0 bridgehead atoms. The van der Waals surface area contributed by atoms with Gasteiger partial charge in [-0.2, -0.15) is 23.3 Å². The maximum atomic E-state index is 14.0. The fourth-order valence-corrected chi connectivity index (χ4v) is 4.55. The normalized spacial score (nSPS) is 19.1. The molecule has 0 spiro atoms. The van der Waals surface area contributed by atoms with Crippen LogP contribution in [0.2, 0.25) is 0 Å². The molecule has 4 aromatic rings. The van der Waals surface area contributed by atoms with Crippen molar-refractivity contribution in [2.45, 2.75) is 18.3 Å². The Balaban J connectivity index is 1.62. The first kappa shape index (κ1) is 19.7. The summed E-state index contributed by atoms with van der Waals surface area (Å²) < 4.78 is 42.1. The molecular formula is C23H16F3N3OS. The third-order valence-corrected chi connectivity index (χ3v) is 6.10. The van der Waals surface area contributed by atoms with Gasteiger partial charge in [0, 0.05) is 16.5 Å². The van der Waals surface area contributed by atoms with Gasteiger partial charge in [-0.15, -0.1) is 11.3 Å². The van der Waals surface area contributed by atoms with Gasteiger partial charge >= 0.3 is 6.18 Å². The van der Waals surface area contributed by atoms with Crippen LogP contribution in [-0.4, -0.2) is 27.7 Å². The monoisotopic (exact) mass is 439 g/mol. The number of aliphatic hydroxyl groups is 1. The minimum absolute atomic E-state index is 0.0195. The second-order valence-corrected chi connectivity index (χ2v) is 8.09. The van der Waals surface area contributed by atoms with Crippen molar-refractivity contribution >= 4 is 33.0 Å². The van der Waals surface area contributed by atoms with Gasteiger partial charge < -0.3 is 5.11 Å². The zero-order valence-electron chi connectivity index (χ0n) is 16.0. The maximum absolute atomic E-state index is 14.0. The Labute approximate surface area is 179 Å². The first-order valence-corrected chi connectivity index (χ1v) is 10.4. The number of thiazole rings is 1. The summed E-state index contributed by atoms with van der Waals surface area (Å²) in [5.41, 5.74) is -1.15. The SMILES string of the molecule is O[C@]1(C(F)(F)F)CC(c2cccc3ccccc23)=NN1c1nc(-c2ccccc2)cs1. The van der Waals surface area contributed by atoms with Crippen LogP contribution in [0.4, 0.5) is 18.3 Å². The van der Waals surface area contributed by atoms with E-state index in [9.17, 15) is 18.3 Å². The molecule has 0 saturated carbocycles. The summed E-state index contributed by atoms with van der Waals surface area (Å²) in [6, 6.07) is 21.9. The van der Waals surface area contributed by atoms with Crippen LogP contribution >= 0.6 is 11.3 Å². The second-order valence-electron chi connectivity index (χ2n) is 7.26. The Bertz CT molecular complexity index is 1280. The summed E-state index contributed by atoms with van der Waals surface area (Å²) >= 11 is 1.01. The predicted molar refractivity (Wildman–Crippen MR) is 116 cm³/mol. The molecule has 5 rings (SSSR count). The molecule has 0 unspecified atom stereocenters. The Morgan fingerprint density at radius 3 is 2.42 bits per heavy atom. The Morgan fingerprint density at radius 2 is 1.65 bits per heavy atom. The molecule has 2 heterocycles. The van der Waals surface area contributed by atoms with E-state index in [0.717, 1.165) is 27.7 Å². The highest BCUT2D eigenvalue weighted by Gasteiger charge is 2.62. The highest BCUT2D eigenvalue weighted by atomic mass is 32.1. The van der Waals surface area contributed by atoms with Crippen molar-refractivity contribution in [3.05, 3.63) is 83.7 Å². The molecule has 0 radical (unpaired) electrons. The number of anilines is 1. The van der Waals surface area contributed by atoms with E-state index in [1.54, 1.807) is 17.5 Å². The molecule has 31 heavy (non-hydrogen) atoms. The molecular weight excluding hydrogens is 423 g/mol. The van der Waals surface area contributed by atoms with Gasteiger partial charge in [0.2, 0.25) is 5.13 Å². The lowest BCUT2D eigenvalue weighted by atomic mass is 9.96. The van der Waals surface area contributed by atoms with Gasteiger partial charge in [-0.05, 0) is 10.8 Å². The summed E-state index contributed by atoms with van der Waals surface area (Å²) in [6.45, 7) is 0. The summed E-state index contributed by atoms with van der Waals surface area (Å²) in [7, 11) is 0. The highest BCUT2D eigenvalue weighted by Crippen LogP contribution is 2.45. The zero-order valence-corrected chi connectivity index (χ0v) is 16.9. The summed E-state index contributed by atoms with van der Waals surface area (Å²) in [5.74, 6) is 0. The molecule has 1 atom stereocenters. The molecule has 1 aliphatic rings. The van der Waals surface area contributed by atoms with E-state index in [1.807, 2.05) is 60.7 Å². The largest absolute Gasteiger partial charge is 0.438 e. The number of benzene rings is 3. The van der Waals surface area contributed by atoms with Crippen molar-refractivity contribution < 1.29 is 18.3 Å². The summed E-state index contributed by atoms with van der Waals surface area (Å²) in [4.78, 5) is 4.34. The summed E-state index contributed by atoms with van der Waals surface area (Å²) in [6.07, 6.45) is -5.62. The average molecular weight is 439 g/mol. The van der Waals surface area contributed by atoms with Gasteiger partial charge in [0.05, 0.1) is 17.8 Å². The Morgan fingerprint density at radius 1 is 0.935 bits per heavy atom.